The zero-order valence-corrected chi connectivity index (χ0v) is 13.7. The highest BCUT2D eigenvalue weighted by molar-refractivity contribution is 5.23. The Morgan fingerprint density at radius 1 is 1.25 bits per heavy atom. The van der Waals surface area contributed by atoms with E-state index in [1.54, 1.807) is 0 Å². The number of nitrogens with one attached hydrogen (secondary N) is 1. The third-order valence-corrected chi connectivity index (χ3v) is 4.82. The van der Waals surface area contributed by atoms with Gasteiger partial charge in [0.15, 0.2) is 0 Å². The third kappa shape index (κ3) is 4.12. The average molecular weight is 277 g/mol. The standard InChI is InChI=1S/C18H31NO/c1-5-7-16-8-6-9-17(11-10-16)19-14(3)18-12-13(2)20-15(18)4/h12,14,16-17,19H,5-11H2,1-4H3. The Bertz CT molecular complexity index is 410. The zero-order chi connectivity index (χ0) is 14.5. The maximum Gasteiger partial charge on any atom is 0.105 e. The van der Waals surface area contributed by atoms with Crippen LogP contribution in [-0.2, 0) is 0 Å². The number of hydrogen-bond acceptors (Lipinski definition) is 2. The maximum atomic E-state index is 5.66. The molecule has 0 amide bonds. The maximum absolute atomic E-state index is 5.66. The first-order valence-electron chi connectivity index (χ1n) is 8.43. The first kappa shape index (κ1) is 15.6. The van der Waals surface area contributed by atoms with Gasteiger partial charge in [0.25, 0.3) is 0 Å². The highest BCUT2D eigenvalue weighted by Gasteiger charge is 2.21. The van der Waals surface area contributed by atoms with Gasteiger partial charge in [-0.3, -0.25) is 0 Å². The molecular formula is C18H31NO. The van der Waals surface area contributed by atoms with Crippen LogP contribution in [0.4, 0.5) is 0 Å². The van der Waals surface area contributed by atoms with Crippen LogP contribution >= 0.6 is 0 Å². The van der Waals surface area contributed by atoms with E-state index < -0.39 is 0 Å². The first-order chi connectivity index (χ1) is 9.60. The van der Waals surface area contributed by atoms with E-state index in [1.807, 2.05) is 6.92 Å². The second kappa shape index (κ2) is 7.31. The molecule has 0 radical (unpaired) electrons. The van der Waals surface area contributed by atoms with Gasteiger partial charge in [-0.05, 0) is 52.0 Å². The van der Waals surface area contributed by atoms with Crippen molar-refractivity contribution < 1.29 is 4.42 Å². The Morgan fingerprint density at radius 2 is 2.05 bits per heavy atom. The van der Waals surface area contributed by atoms with Crippen molar-refractivity contribution in [1.29, 1.82) is 0 Å². The molecular weight excluding hydrogens is 246 g/mol. The van der Waals surface area contributed by atoms with Gasteiger partial charge in [0.1, 0.15) is 11.5 Å². The fourth-order valence-corrected chi connectivity index (χ4v) is 3.77. The lowest BCUT2D eigenvalue weighted by molar-refractivity contribution is 0.390. The fourth-order valence-electron chi connectivity index (χ4n) is 3.77. The summed E-state index contributed by atoms with van der Waals surface area (Å²) in [6.07, 6.45) is 9.66. The van der Waals surface area contributed by atoms with Gasteiger partial charge in [-0.1, -0.05) is 32.6 Å². The largest absolute Gasteiger partial charge is 0.466 e. The van der Waals surface area contributed by atoms with Gasteiger partial charge in [-0.2, -0.15) is 0 Å². The van der Waals surface area contributed by atoms with Crippen LogP contribution in [0.2, 0.25) is 0 Å². The molecule has 0 aromatic carbocycles. The van der Waals surface area contributed by atoms with Crippen LogP contribution < -0.4 is 5.32 Å². The molecule has 1 aliphatic carbocycles. The van der Waals surface area contributed by atoms with Crippen LogP contribution in [0.5, 0.6) is 0 Å². The summed E-state index contributed by atoms with van der Waals surface area (Å²) in [6, 6.07) is 3.27. The smallest absolute Gasteiger partial charge is 0.105 e. The van der Waals surface area contributed by atoms with Crippen LogP contribution in [0, 0.1) is 19.8 Å². The summed E-state index contributed by atoms with van der Waals surface area (Å²) in [6.45, 7) is 8.69. The number of rotatable bonds is 5. The van der Waals surface area contributed by atoms with Gasteiger partial charge < -0.3 is 9.73 Å². The first-order valence-corrected chi connectivity index (χ1v) is 8.43. The minimum absolute atomic E-state index is 0.403. The molecule has 3 unspecified atom stereocenters. The molecule has 0 bridgehead atoms. The van der Waals surface area contributed by atoms with E-state index in [4.69, 9.17) is 4.42 Å². The van der Waals surface area contributed by atoms with Crippen molar-refractivity contribution in [2.75, 3.05) is 0 Å². The van der Waals surface area contributed by atoms with Crippen LogP contribution in [0.25, 0.3) is 0 Å². The summed E-state index contributed by atoms with van der Waals surface area (Å²) >= 11 is 0. The lowest BCUT2D eigenvalue weighted by atomic mass is 9.95. The van der Waals surface area contributed by atoms with Crippen molar-refractivity contribution >= 4 is 0 Å². The molecule has 0 spiro atoms. The van der Waals surface area contributed by atoms with E-state index >= 15 is 0 Å². The van der Waals surface area contributed by atoms with E-state index in [2.05, 4.69) is 32.2 Å². The fraction of sp³-hybridized carbons (Fsp3) is 0.778. The van der Waals surface area contributed by atoms with Crippen LogP contribution in [0.1, 0.15) is 81.9 Å². The lowest BCUT2D eigenvalue weighted by Gasteiger charge is -2.22. The molecule has 2 heteroatoms. The Kier molecular flexibility index (Phi) is 5.71. The molecule has 20 heavy (non-hydrogen) atoms. The van der Waals surface area contributed by atoms with Gasteiger partial charge in [0, 0.05) is 17.6 Å². The van der Waals surface area contributed by atoms with Gasteiger partial charge >= 0.3 is 0 Å². The lowest BCUT2D eigenvalue weighted by Crippen LogP contribution is -2.31. The van der Waals surface area contributed by atoms with E-state index in [9.17, 15) is 0 Å². The third-order valence-electron chi connectivity index (χ3n) is 4.82. The van der Waals surface area contributed by atoms with Gasteiger partial charge in [-0.25, -0.2) is 0 Å². The van der Waals surface area contributed by atoms with Crippen LogP contribution in [0.15, 0.2) is 10.5 Å². The molecule has 1 aromatic rings. The molecule has 2 nitrogen and oxygen atoms in total. The summed E-state index contributed by atoms with van der Waals surface area (Å²) < 4.78 is 5.66. The average Bonchev–Trinajstić information content (AvgIpc) is 2.60. The Hall–Kier alpha value is -0.760. The number of aryl methyl sites for hydroxylation is 2. The summed E-state index contributed by atoms with van der Waals surface area (Å²) in [4.78, 5) is 0. The van der Waals surface area contributed by atoms with Crippen molar-refractivity contribution in [3.05, 3.63) is 23.2 Å². The molecule has 1 saturated carbocycles. The highest BCUT2D eigenvalue weighted by Crippen LogP contribution is 2.29. The second-order valence-electron chi connectivity index (χ2n) is 6.62. The van der Waals surface area contributed by atoms with Crippen molar-refractivity contribution in [2.24, 2.45) is 5.92 Å². The minimum Gasteiger partial charge on any atom is -0.466 e. The molecule has 114 valence electrons. The van der Waals surface area contributed by atoms with Crippen LogP contribution in [-0.4, -0.2) is 6.04 Å². The van der Waals surface area contributed by atoms with Crippen molar-refractivity contribution in [1.82, 2.24) is 5.32 Å². The van der Waals surface area contributed by atoms with Crippen LogP contribution in [0.3, 0.4) is 0 Å². The molecule has 1 aromatic heterocycles. The van der Waals surface area contributed by atoms with E-state index in [-0.39, 0.29) is 0 Å². The SMILES string of the molecule is CCCC1CCCC(NC(C)c2cc(C)oc2C)CC1. The monoisotopic (exact) mass is 277 g/mol. The van der Waals surface area contributed by atoms with E-state index in [1.165, 1.54) is 50.5 Å². The Labute approximate surface area is 124 Å². The Morgan fingerprint density at radius 3 is 2.70 bits per heavy atom. The quantitative estimate of drug-likeness (QED) is 0.739. The highest BCUT2D eigenvalue weighted by atomic mass is 16.3. The predicted octanol–water partition coefficient (Wildman–Crippen LogP) is 5.30. The van der Waals surface area contributed by atoms with Crippen molar-refractivity contribution in [2.45, 2.75) is 84.7 Å². The summed E-state index contributed by atoms with van der Waals surface area (Å²) in [5.74, 6) is 3.06. The molecule has 1 N–H and O–H groups in total. The summed E-state index contributed by atoms with van der Waals surface area (Å²) in [5, 5.41) is 3.83. The molecule has 3 atom stereocenters. The number of furan rings is 1. The van der Waals surface area contributed by atoms with E-state index in [0.717, 1.165) is 17.4 Å². The Balaban J connectivity index is 1.88. The number of hydrogen-bond donors (Lipinski definition) is 1. The van der Waals surface area contributed by atoms with Crippen molar-refractivity contribution in [3.63, 3.8) is 0 Å². The molecule has 0 aliphatic heterocycles. The van der Waals surface area contributed by atoms with Crippen molar-refractivity contribution in [3.8, 4) is 0 Å². The van der Waals surface area contributed by atoms with Gasteiger partial charge in [-0.15, -0.1) is 0 Å². The van der Waals surface area contributed by atoms with E-state index in [0.29, 0.717) is 12.1 Å². The summed E-state index contributed by atoms with van der Waals surface area (Å²) in [5.41, 5.74) is 1.33. The molecule has 1 heterocycles. The van der Waals surface area contributed by atoms with Gasteiger partial charge in [0.05, 0.1) is 0 Å². The molecule has 0 saturated heterocycles. The van der Waals surface area contributed by atoms with Gasteiger partial charge in [0.2, 0.25) is 0 Å². The predicted molar refractivity (Wildman–Crippen MR) is 85.0 cm³/mol. The zero-order valence-electron chi connectivity index (χ0n) is 13.7. The topological polar surface area (TPSA) is 25.2 Å². The normalized spacial score (nSPS) is 25.4. The summed E-state index contributed by atoms with van der Waals surface area (Å²) in [7, 11) is 0. The molecule has 2 rings (SSSR count). The second-order valence-corrected chi connectivity index (χ2v) is 6.62. The molecule has 1 fully saturated rings. The molecule has 1 aliphatic rings. The minimum atomic E-state index is 0.403.